The molecule has 21 heavy (non-hydrogen) atoms. The predicted molar refractivity (Wildman–Crippen MR) is 88.9 cm³/mol. The first-order valence-corrected chi connectivity index (χ1v) is 9.47. The van der Waals surface area contributed by atoms with Crippen molar-refractivity contribution in [2.24, 2.45) is 0 Å². The van der Waals surface area contributed by atoms with Crippen LogP contribution in [0.5, 0.6) is 0 Å². The molecule has 5 nitrogen and oxygen atoms in total. The van der Waals surface area contributed by atoms with Gasteiger partial charge in [0.1, 0.15) is 4.90 Å². The van der Waals surface area contributed by atoms with Gasteiger partial charge in [-0.05, 0) is 56.1 Å². The number of aromatic carboxylic acids is 1. The average Bonchev–Trinajstić information content (AvgIpc) is 2.67. The van der Waals surface area contributed by atoms with Crippen LogP contribution in [0.4, 0.5) is 5.69 Å². The fraction of sp³-hybridized carbons (Fsp3) is 0. The Hall–Kier alpha value is -0.610. The highest BCUT2D eigenvalue weighted by molar-refractivity contribution is 9.12. The molecule has 1 aromatic carbocycles. The molecule has 0 saturated carbocycles. The third-order valence-electron chi connectivity index (χ3n) is 2.31. The Bertz CT molecular complexity index is 820. The number of nitrogens with one attached hydrogen (secondary N) is 1. The van der Waals surface area contributed by atoms with E-state index >= 15 is 0 Å². The Morgan fingerprint density at radius 3 is 2.43 bits per heavy atom. The summed E-state index contributed by atoms with van der Waals surface area (Å²) in [6, 6.07) is 5.21. The monoisotopic (exact) mass is 473 g/mol. The topological polar surface area (TPSA) is 83.5 Å². The summed E-state index contributed by atoms with van der Waals surface area (Å²) in [6.45, 7) is 0. The van der Waals surface area contributed by atoms with Gasteiger partial charge >= 0.3 is 5.97 Å². The lowest BCUT2D eigenvalue weighted by Gasteiger charge is -2.08. The van der Waals surface area contributed by atoms with E-state index in [9.17, 15) is 13.2 Å². The van der Waals surface area contributed by atoms with Gasteiger partial charge in [0.05, 0.1) is 18.8 Å². The number of thiophene rings is 1. The second kappa shape index (κ2) is 6.25. The molecule has 0 aliphatic carbocycles. The van der Waals surface area contributed by atoms with E-state index in [0.29, 0.717) is 7.57 Å². The quantitative estimate of drug-likeness (QED) is 0.686. The van der Waals surface area contributed by atoms with Crippen molar-refractivity contribution in [1.82, 2.24) is 0 Å². The number of carboxylic acid groups (broad SMARTS) is 1. The Labute approximate surface area is 146 Å². The highest BCUT2D eigenvalue weighted by Crippen LogP contribution is 2.35. The molecule has 0 saturated heterocycles. The van der Waals surface area contributed by atoms with Crippen LogP contribution in [0, 0.1) is 0 Å². The summed E-state index contributed by atoms with van der Waals surface area (Å²) in [4.78, 5) is 11.0. The molecule has 2 aromatic rings. The van der Waals surface area contributed by atoms with Crippen molar-refractivity contribution < 1.29 is 18.3 Å². The summed E-state index contributed by atoms with van der Waals surface area (Å²) < 4.78 is 27.9. The van der Waals surface area contributed by atoms with Gasteiger partial charge in [-0.15, -0.1) is 11.3 Å². The van der Waals surface area contributed by atoms with Crippen LogP contribution in [0.2, 0.25) is 5.02 Å². The molecule has 0 radical (unpaired) electrons. The smallest absolute Gasteiger partial charge is 0.335 e. The molecule has 0 amide bonds. The summed E-state index contributed by atoms with van der Waals surface area (Å²) in [5.41, 5.74) is -0.0279. The van der Waals surface area contributed by atoms with Crippen molar-refractivity contribution in [3.63, 3.8) is 0 Å². The molecule has 0 aliphatic rings. The zero-order valence-corrected chi connectivity index (χ0v) is 15.5. The zero-order valence-electron chi connectivity index (χ0n) is 9.93. The average molecular weight is 476 g/mol. The van der Waals surface area contributed by atoms with Gasteiger partial charge in [-0.3, -0.25) is 4.72 Å². The third kappa shape index (κ3) is 3.98. The molecule has 1 aromatic heterocycles. The summed E-state index contributed by atoms with van der Waals surface area (Å²) in [7, 11) is -3.85. The maximum atomic E-state index is 12.3. The lowest BCUT2D eigenvalue weighted by Crippen LogP contribution is -2.13. The Morgan fingerprint density at radius 1 is 1.24 bits per heavy atom. The standard InChI is InChI=1S/C11H6Br2ClNO4S2/c12-9-4-8(10(13)20-9)21(18,19)15-7-2-5(11(16)17)1-6(14)3-7/h1-4,15H,(H,16,17). The summed E-state index contributed by atoms with van der Waals surface area (Å²) in [5, 5.41) is 9.07. The lowest BCUT2D eigenvalue weighted by atomic mass is 10.2. The SMILES string of the molecule is O=C(O)c1cc(Cl)cc(NS(=O)(=O)c2cc(Br)sc2Br)c1. The predicted octanol–water partition coefficient (Wildman–Crippen LogP) is 4.43. The van der Waals surface area contributed by atoms with Crippen LogP contribution < -0.4 is 4.72 Å². The van der Waals surface area contributed by atoms with Crippen molar-refractivity contribution in [3.05, 3.63) is 42.4 Å². The molecule has 2 N–H and O–H groups in total. The van der Waals surface area contributed by atoms with Crippen LogP contribution in [0.15, 0.2) is 36.7 Å². The maximum absolute atomic E-state index is 12.3. The van der Waals surface area contributed by atoms with Crippen LogP contribution in [-0.4, -0.2) is 19.5 Å². The molecule has 0 bridgehead atoms. The second-order valence-electron chi connectivity index (χ2n) is 3.83. The van der Waals surface area contributed by atoms with E-state index in [1.165, 1.54) is 35.6 Å². The van der Waals surface area contributed by atoms with E-state index in [0.717, 1.165) is 0 Å². The van der Waals surface area contributed by atoms with Crippen molar-refractivity contribution in [2.75, 3.05) is 4.72 Å². The molecule has 0 aliphatic heterocycles. The lowest BCUT2D eigenvalue weighted by molar-refractivity contribution is 0.0697. The van der Waals surface area contributed by atoms with E-state index in [1.807, 2.05) is 0 Å². The second-order valence-corrected chi connectivity index (χ2v) is 9.66. The number of benzene rings is 1. The van der Waals surface area contributed by atoms with E-state index in [-0.39, 0.29) is 21.2 Å². The number of sulfonamides is 1. The minimum Gasteiger partial charge on any atom is -0.478 e. The molecule has 0 spiro atoms. The van der Waals surface area contributed by atoms with Crippen molar-refractivity contribution >= 4 is 76.5 Å². The van der Waals surface area contributed by atoms with Gasteiger partial charge < -0.3 is 5.11 Å². The number of hydrogen-bond donors (Lipinski definition) is 2. The van der Waals surface area contributed by atoms with Crippen LogP contribution >= 0.6 is 54.8 Å². The van der Waals surface area contributed by atoms with Crippen LogP contribution in [0.3, 0.4) is 0 Å². The number of halogens is 3. The van der Waals surface area contributed by atoms with Crippen molar-refractivity contribution in [3.8, 4) is 0 Å². The highest BCUT2D eigenvalue weighted by Gasteiger charge is 2.21. The van der Waals surface area contributed by atoms with Gasteiger partial charge in [0, 0.05) is 5.02 Å². The molecule has 0 unspecified atom stereocenters. The molecule has 112 valence electrons. The third-order valence-corrected chi connectivity index (χ3v) is 6.67. The van der Waals surface area contributed by atoms with Gasteiger partial charge in [-0.25, -0.2) is 13.2 Å². The van der Waals surface area contributed by atoms with Crippen LogP contribution in [0.25, 0.3) is 0 Å². The van der Waals surface area contributed by atoms with Gasteiger partial charge in [0.2, 0.25) is 0 Å². The summed E-state index contributed by atoms with van der Waals surface area (Å²) >= 11 is 13.4. The number of carbonyl (C=O) groups is 1. The minimum atomic E-state index is -3.85. The van der Waals surface area contributed by atoms with Crippen molar-refractivity contribution in [1.29, 1.82) is 0 Å². The van der Waals surface area contributed by atoms with E-state index in [1.54, 1.807) is 0 Å². The number of carboxylic acids is 1. The summed E-state index contributed by atoms with van der Waals surface area (Å²) in [5.74, 6) is -1.20. The number of rotatable bonds is 4. The Balaban J connectivity index is 2.41. The van der Waals surface area contributed by atoms with Gasteiger partial charge in [-0.2, -0.15) is 0 Å². The van der Waals surface area contributed by atoms with Gasteiger partial charge in [-0.1, -0.05) is 11.6 Å². The maximum Gasteiger partial charge on any atom is 0.335 e. The number of hydrogen-bond acceptors (Lipinski definition) is 4. The normalized spacial score (nSPS) is 11.4. The van der Waals surface area contributed by atoms with Crippen LogP contribution in [-0.2, 0) is 10.0 Å². The minimum absolute atomic E-state index is 0.0521. The summed E-state index contributed by atoms with van der Waals surface area (Å²) in [6.07, 6.45) is 0. The van der Waals surface area contributed by atoms with E-state index in [2.05, 4.69) is 36.6 Å². The van der Waals surface area contributed by atoms with E-state index < -0.39 is 16.0 Å². The van der Waals surface area contributed by atoms with Gasteiger partial charge in [0.25, 0.3) is 10.0 Å². The first-order chi connectivity index (χ1) is 9.69. The Morgan fingerprint density at radius 2 is 1.90 bits per heavy atom. The Kier molecular flexibility index (Phi) is 4.99. The van der Waals surface area contributed by atoms with Gasteiger partial charge in [0.15, 0.2) is 0 Å². The first-order valence-electron chi connectivity index (χ1n) is 5.20. The molecular formula is C11H6Br2ClNO4S2. The van der Waals surface area contributed by atoms with Crippen molar-refractivity contribution in [2.45, 2.75) is 4.90 Å². The zero-order chi connectivity index (χ0) is 15.8. The largest absolute Gasteiger partial charge is 0.478 e. The molecule has 1 heterocycles. The molecule has 10 heteroatoms. The fourth-order valence-corrected chi connectivity index (χ4v) is 6.58. The van der Waals surface area contributed by atoms with Crippen LogP contribution in [0.1, 0.15) is 10.4 Å². The fourth-order valence-electron chi connectivity index (χ4n) is 1.49. The molecule has 0 fully saturated rings. The molecule has 0 atom stereocenters. The van der Waals surface area contributed by atoms with E-state index in [4.69, 9.17) is 16.7 Å². The molecular weight excluding hydrogens is 470 g/mol. The first kappa shape index (κ1) is 16.8. The molecule has 2 rings (SSSR count). The number of anilines is 1. The highest BCUT2D eigenvalue weighted by atomic mass is 79.9.